The van der Waals surface area contributed by atoms with Crippen molar-refractivity contribution in [2.45, 2.75) is 44.6 Å². The van der Waals surface area contributed by atoms with Crippen LogP contribution in [0, 0.1) is 5.92 Å². The molecule has 0 unspecified atom stereocenters. The van der Waals surface area contributed by atoms with E-state index in [0.29, 0.717) is 18.8 Å². The van der Waals surface area contributed by atoms with Gasteiger partial charge in [0.25, 0.3) is 0 Å². The summed E-state index contributed by atoms with van der Waals surface area (Å²) in [5, 5.41) is 9.33. The number of aliphatic carboxylic acids is 1. The lowest BCUT2D eigenvalue weighted by Crippen LogP contribution is -2.59. The van der Waals surface area contributed by atoms with Gasteiger partial charge in [-0.2, -0.15) is 13.1 Å². The molecule has 1 saturated carbocycles. The topological polar surface area (TPSA) is 122 Å². The molecule has 0 bridgehead atoms. The monoisotopic (exact) mass is 308 g/mol. The van der Waals surface area contributed by atoms with Crippen molar-refractivity contribution < 1.29 is 27.9 Å². The third-order valence-corrected chi connectivity index (χ3v) is 4.77. The zero-order valence-electron chi connectivity index (χ0n) is 11.5. The van der Waals surface area contributed by atoms with Crippen LogP contribution in [-0.4, -0.2) is 38.2 Å². The Bertz CT molecular complexity index is 467. The van der Waals surface area contributed by atoms with Crippen LogP contribution in [0.25, 0.3) is 0 Å². The first-order valence-corrected chi connectivity index (χ1v) is 7.86. The molecule has 1 amide bonds. The first-order valence-electron chi connectivity index (χ1n) is 6.37. The second-order valence-electron chi connectivity index (χ2n) is 4.94. The molecule has 0 aliphatic heterocycles. The second-order valence-corrected chi connectivity index (χ2v) is 6.35. The number of ether oxygens (including phenoxy) is 1. The van der Waals surface area contributed by atoms with Crippen LogP contribution in [-0.2, 0) is 19.7 Å². The Morgan fingerprint density at radius 1 is 1.35 bits per heavy atom. The number of carboxylic acid groups (broad SMARTS) is 1. The van der Waals surface area contributed by atoms with Crippen molar-refractivity contribution in [3.8, 4) is 0 Å². The molecule has 8 nitrogen and oxygen atoms in total. The summed E-state index contributed by atoms with van der Waals surface area (Å²) in [4.78, 5) is 22.4. The maximum Gasteiger partial charge on any atom is 0.421 e. The first-order chi connectivity index (χ1) is 9.24. The molecule has 1 aliphatic carbocycles. The normalized spacial score (nSPS) is 26.8. The average molecular weight is 308 g/mol. The summed E-state index contributed by atoms with van der Waals surface area (Å²) >= 11 is 0. The molecule has 0 aromatic heterocycles. The van der Waals surface area contributed by atoms with Crippen LogP contribution >= 0.6 is 0 Å². The quantitative estimate of drug-likeness (QED) is 0.683. The molecule has 20 heavy (non-hydrogen) atoms. The highest BCUT2D eigenvalue weighted by Gasteiger charge is 2.45. The molecule has 1 rings (SSSR count). The molecule has 0 atom stereocenters. The fourth-order valence-corrected chi connectivity index (χ4v) is 3.53. The van der Waals surface area contributed by atoms with Gasteiger partial charge in [-0.05, 0) is 31.6 Å². The summed E-state index contributed by atoms with van der Waals surface area (Å²) in [7, 11) is -3.26. The van der Waals surface area contributed by atoms with Crippen LogP contribution in [0.1, 0.15) is 39.0 Å². The number of nitrogens with one attached hydrogen (secondary N) is 2. The summed E-state index contributed by atoms with van der Waals surface area (Å²) in [5.74, 6) is -0.831. The minimum atomic E-state index is -4.28. The number of rotatable bonds is 5. The van der Waals surface area contributed by atoms with E-state index < -0.39 is 27.8 Å². The number of hydrogen-bond donors (Lipinski definition) is 3. The minimum Gasteiger partial charge on any atom is -0.480 e. The molecule has 0 spiro atoms. The van der Waals surface area contributed by atoms with Gasteiger partial charge in [0.1, 0.15) is 5.54 Å². The van der Waals surface area contributed by atoms with E-state index in [1.54, 1.807) is 4.72 Å². The standard InChI is InChI=1S/C11H20N2O6S/c1-3-8-4-6-11(7-5-8,9(14)15)13-20(17,18)12-10(16)19-2/h8,13H,3-7H2,1-2H3,(H,12,16)(H,14,15). The van der Waals surface area contributed by atoms with Gasteiger partial charge < -0.3 is 9.84 Å². The Hall–Kier alpha value is -1.35. The van der Waals surface area contributed by atoms with Crippen LogP contribution in [0.2, 0.25) is 0 Å². The molecule has 0 saturated heterocycles. The molecular weight excluding hydrogens is 288 g/mol. The highest BCUT2D eigenvalue weighted by atomic mass is 32.2. The molecule has 0 radical (unpaired) electrons. The third-order valence-electron chi connectivity index (χ3n) is 3.68. The van der Waals surface area contributed by atoms with Gasteiger partial charge in [0.05, 0.1) is 7.11 Å². The molecule has 3 N–H and O–H groups in total. The zero-order valence-corrected chi connectivity index (χ0v) is 12.3. The van der Waals surface area contributed by atoms with Crippen LogP contribution in [0.5, 0.6) is 0 Å². The van der Waals surface area contributed by atoms with Crippen molar-refractivity contribution in [1.29, 1.82) is 0 Å². The average Bonchev–Trinajstić information content (AvgIpc) is 2.38. The fraction of sp³-hybridized carbons (Fsp3) is 0.818. The summed E-state index contributed by atoms with van der Waals surface area (Å²) in [5.41, 5.74) is -1.56. The molecular formula is C11H20N2O6S. The lowest BCUT2D eigenvalue weighted by molar-refractivity contribution is -0.145. The van der Waals surface area contributed by atoms with E-state index in [-0.39, 0.29) is 12.8 Å². The van der Waals surface area contributed by atoms with Crippen molar-refractivity contribution in [3.63, 3.8) is 0 Å². The van der Waals surface area contributed by atoms with Crippen molar-refractivity contribution >= 4 is 22.3 Å². The van der Waals surface area contributed by atoms with E-state index in [2.05, 4.69) is 9.46 Å². The first kappa shape index (κ1) is 16.7. The lowest BCUT2D eigenvalue weighted by Gasteiger charge is -2.36. The van der Waals surface area contributed by atoms with Crippen LogP contribution < -0.4 is 9.44 Å². The lowest BCUT2D eigenvalue weighted by atomic mass is 9.76. The van der Waals surface area contributed by atoms with E-state index in [0.717, 1.165) is 13.5 Å². The molecule has 1 fully saturated rings. The van der Waals surface area contributed by atoms with Crippen molar-refractivity contribution in [2.24, 2.45) is 5.92 Å². The number of amides is 1. The van der Waals surface area contributed by atoms with E-state index in [1.807, 2.05) is 6.92 Å². The third kappa shape index (κ3) is 4.07. The van der Waals surface area contributed by atoms with Gasteiger partial charge in [-0.3, -0.25) is 4.79 Å². The molecule has 116 valence electrons. The molecule has 0 aromatic rings. The SMILES string of the molecule is CCC1CCC(NS(=O)(=O)NC(=O)OC)(C(=O)O)CC1. The van der Waals surface area contributed by atoms with Crippen LogP contribution in [0.15, 0.2) is 0 Å². The summed E-state index contributed by atoms with van der Waals surface area (Å²) < 4.78 is 31.3. The molecule has 1 aliphatic rings. The van der Waals surface area contributed by atoms with Crippen LogP contribution in [0.4, 0.5) is 4.79 Å². The van der Waals surface area contributed by atoms with E-state index in [9.17, 15) is 23.1 Å². The van der Waals surface area contributed by atoms with Gasteiger partial charge in [-0.15, -0.1) is 0 Å². The van der Waals surface area contributed by atoms with E-state index in [4.69, 9.17) is 0 Å². The van der Waals surface area contributed by atoms with Gasteiger partial charge in [0.15, 0.2) is 0 Å². The summed E-state index contributed by atoms with van der Waals surface area (Å²) in [6.45, 7) is 2.02. The van der Waals surface area contributed by atoms with Gasteiger partial charge in [-0.25, -0.2) is 9.52 Å². The Morgan fingerprint density at radius 3 is 2.30 bits per heavy atom. The Morgan fingerprint density at radius 2 is 1.90 bits per heavy atom. The maximum atomic E-state index is 11.7. The number of carbonyl (C=O) groups excluding carboxylic acids is 1. The largest absolute Gasteiger partial charge is 0.480 e. The Kier molecular flexibility index (Phi) is 5.35. The molecule has 0 aromatic carbocycles. The summed E-state index contributed by atoms with van der Waals surface area (Å²) in [6.07, 6.45) is 1.42. The van der Waals surface area contributed by atoms with Gasteiger partial charge >= 0.3 is 22.3 Å². The van der Waals surface area contributed by atoms with Crippen molar-refractivity contribution in [2.75, 3.05) is 7.11 Å². The second kappa shape index (κ2) is 6.40. The minimum absolute atomic E-state index is 0.197. The highest BCUT2D eigenvalue weighted by molar-refractivity contribution is 7.88. The van der Waals surface area contributed by atoms with E-state index >= 15 is 0 Å². The van der Waals surface area contributed by atoms with Gasteiger partial charge in [0.2, 0.25) is 0 Å². The fourth-order valence-electron chi connectivity index (χ4n) is 2.37. The molecule has 0 heterocycles. The highest BCUT2D eigenvalue weighted by Crippen LogP contribution is 2.34. The number of carbonyl (C=O) groups is 2. The Balaban J connectivity index is 2.83. The number of hydrogen-bond acceptors (Lipinski definition) is 5. The summed E-state index contributed by atoms with van der Waals surface area (Å²) in [6, 6.07) is 0. The number of carboxylic acids is 1. The Labute approximate surface area is 118 Å². The van der Waals surface area contributed by atoms with Crippen LogP contribution in [0.3, 0.4) is 0 Å². The zero-order chi connectivity index (χ0) is 15.4. The molecule has 9 heteroatoms. The predicted octanol–water partition coefficient (Wildman–Crippen LogP) is 0.600. The smallest absolute Gasteiger partial charge is 0.421 e. The maximum absolute atomic E-state index is 11.7. The van der Waals surface area contributed by atoms with Crippen molar-refractivity contribution in [1.82, 2.24) is 9.44 Å². The van der Waals surface area contributed by atoms with Gasteiger partial charge in [0, 0.05) is 0 Å². The van der Waals surface area contributed by atoms with Gasteiger partial charge in [-0.1, -0.05) is 13.3 Å². The number of methoxy groups -OCH3 is 1. The van der Waals surface area contributed by atoms with Crippen molar-refractivity contribution in [3.05, 3.63) is 0 Å². The van der Waals surface area contributed by atoms with E-state index in [1.165, 1.54) is 0 Å². The predicted molar refractivity (Wildman–Crippen MR) is 70.2 cm³/mol.